The minimum atomic E-state index is -0.269. The monoisotopic (exact) mass is 437 g/mol. The topological polar surface area (TPSA) is 46.3 Å². The molecule has 0 radical (unpaired) electrons. The third kappa shape index (κ3) is 2.79. The number of fused-ring (bicyclic) bond motifs is 4. The summed E-state index contributed by atoms with van der Waals surface area (Å²) < 4.78 is 6.85. The molecule has 3 fully saturated rings. The molecule has 0 amide bonds. The van der Waals surface area contributed by atoms with E-state index in [9.17, 15) is 5.11 Å². The fourth-order valence-electron chi connectivity index (χ4n) is 7.80. The second-order valence-electron chi connectivity index (χ2n) is 14.3. The van der Waals surface area contributed by atoms with E-state index in [1.165, 1.54) is 24.0 Å². The summed E-state index contributed by atoms with van der Waals surface area (Å²) in [5.74, 6) is 2.16. The molecule has 0 aliphatic heterocycles. The average Bonchev–Trinajstić information content (AvgIpc) is 3.19. The molecule has 32 heavy (non-hydrogen) atoms. The van der Waals surface area contributed by atoms with Gasteiger partial charge in [-0.2, -0.15) is 0 Å². The van der Waals surface area contributed by atoms with Crippen LogP contribution in [0.5, 0.6) is 0 Å². The van der Waals surface area contributed by atoms with Crippen LogP contribution in [-0.4, -0.2) is 16.2 Å². The van der Waals surface area contributed by atoms with Crippen molar-refractivity contribution in [3.8, 4) is 0 Å². The molecule has 5 rings (SSSR count). The molecule has 0 bridgehead atoms. The van der Waals surface area contributed by atoms with Crippen LogP contribution < -0.4 is 0 Å². The Morgan fingerprint density at radius 2 is 1.62 bits per heavy atom. The van der Waals surface area contributed by atoms with Crippen molar-refractivity contribution in [3.63, 3.8) is 0 Å². The van der Waals surface area contributed by atoms with Crippen molar-refractivity contribution in [3.05, 3.63) is 29.2 Å². The molecule has 3 aliphatic rings. The van der Waals surface area contributed by atoms with E-state index in [4.69, 9.17) is 9.40 Å². The Balaban J connectivity index is 1.75. The lowest BCUT2D eigenvalue weighted by Crippen LogP contribution is -2.63. The van der Waals surface area contributed by atoms with Gasteiger partial charge in [0.15, 0.2) is 5.58 Å². The number of aromatic nitrogens is 1. The van der Waals surface area contributed by atoms with Crippen molar-refractivity contribution in [2.45, 2.75) is 117 Å². The highest BCUT2D eigenvalue weighted by atomic mass is 16.4. The van der Waals surface area contributed by atoms with Gasteiger partial charge in [-0.05, 0) is 71.8 Å². The molecule has 3 aliphatic carbocycles. The van der Waals surface area contributed by atoms with Gasteiger partial charge in [0.05, 0.1) is 11.5 Å². The normalized spacial score (nSPS) is 36.6. The lowest BCUT2D eigenvalue weighted by molar-refractivity contribution is -0.161. The number of aliphatic hydroxyl groups excluding tert-OH is 1. The first-order valence-corrected chi connectivity index (χ1v) is 12.8. The Morgan fingerprint density at radius 3 is 2.22 bits per heavy atom. The van der Waals surface area contributed by atoms with Crippen molar-refractivity contribution < 1.29 is 9.52 Å². The minimum absolute atomic E-state index is 0.0277. The summed E-state index contributed by atoms with van der Waals surface area (Å²) >= 11 is 0. The first kappa shape index (κ1) is 22.4. The van der Waals surface area contributed by atoms with E-state index >= 15 is 0 Å². The Kier molecular flexibility index (Phi) is 4.49. The van der Waals surface area contributed by atoms with Crippen LogP contribution in [0.3, 0.4) is 0 Å². The maximum absolute atomic E-state index is 11.2. The average molecular weight is 438 g/mol. The van der Waals surface area contributed by atoms with Crippen LogP contribution in [0.2, 0.25) is 0 Å². The zero-order valence-corrected chi connectivity index (χ0v) is 21.7. The van der Waals surface area contributed by atoms with E-state index in [0.717, 1.165) is 36.3 Å². The predicted octanol–water partition coefficient (Wildman–Crippen LogP) is 7.28. The number of nitrogens with zero attached hydrogens (tertiary/aromatic N) is 1. The quantitative estimate of drug-likeness (QED) is 0.510. The maximum atomic E-state index is 11.2. The van der Waals surface area contributed by atoms with Gasteiger partial charge in [0.1, 0.15) is 5.52 Å². The van der Waals surface area contributed by atoms with E-state index in [0.29, 0.717) is 17.3 Å². The SMILES string of the molecule is CC(C)(C)c1cc(C(C)(C)C)c2oc([C@@]34CC[C@@H](O)[C@]3(C)CC[C@@H]3[C@@H]4CC3(C)C)nc2c1. The van der Waals surface area contributed by atoms with Gasteiger partial charge in [-0.1, -0.05) is 68.4 Å². The summed E-state index contributed by atoms with van der Waals surface area (Å²) in [6.07, 6.45) is 5.07. The summed E-state index contributed by atoms with van der Waals surface area (Å²) in [6.45, 7) is 20.8. The minimum Gasteiger partial charge on any atom is -0.440 e. The lowest BCUT2D eigenvalue weighted by Gasteiger charge is -2.65. The number of hydrogen-bond donors (Lipinski definition) is 1. The highest BCUT2D eigenvalue weighted by molar-refractivity contribution is 5.79. The molecule has 176 valence electrons. The number of hydrogen-bond acceptors (Lipinski definition) is 3. The van der Waals surface area contributed by atoms with Crippen molar-refractivity contribution in [2.24, 2.45) is 22.7 Å². The van der Waals surface area contributed by atoms with Gasteiger partial charge in [-0.3, -0.25) is 0 Å². The predicted molar refractivity (Wildman–Crippen MR) is 131 cm³/mol. The molecule has 0 unspecified atom stereocenters. The fraction of sp³-hybridized carbons (Fsp3) is 0.759. The Bertz CT molecular complexity index is 1070. The van der Waals surface area contributed by atoms with Crippen LogP contribution in [-0.2, 0) is 16.2 Å². The Morgan fingerprint density at radius 1 is 0.938 bits per heavy atom. The number of rotatable bonds is 1. The fourth-order valence-corrected chi connectivity index (χ4v) is 7.80. The van der Waals surface area contributed by atoms with E-state index in [1.54, 1.807) is 0 Å². The van der Waals surface area contributed by atoms with Gasteiger partial charge in [-0.15, -0.1) is 0 Å². The van der Waals surface area contributed by atoms with Crippen molar-refractivity contribution in [1.82, 2.24) is 4.98 Å². The Labute approximate surface area is 194 Å². The third-order valence-corrected chi connectivity index (χ3v) is 9.96. The molecule has 1 aromatic heterocycles. The smallest absolute Gasteiger partial charge is 0.202 e. The molecule has 3 heteroatoms. The molecular formula is C29H43NO2. The molecule has 3 saturated carbocycles. The molecule has 2 aromatic rings. The first-order valence-electron chi connectivity index (χ1n) is 12.8. The van der Waals surface area contributed by atoms with Crippen LogP contribution in [0.25, 0.3) is 11.1 Å². The third-order valence-electron chi connectivity index (χ3n) is 9.96. The zero-order chi connectivity index (χ0) is 23.5. The van der Waals surface area contributed by atoms with Gasteiger partial charge in [0.25, 0.3) is 0 Å². The zero-order valence-electron chi connectivity index (χ0n) is 21.7. The number of oxazole rings is 1. The van der Waals surface area contributed by atoms with Crippen molar-refractivity contribution >= 4 is 11.1 Å². The van der Waals surface area contributed by atoms with E-state index in [2.05, 4.69) is 74.4 Å². The van der Waals surface area contributed by atoms with E-state index in [1.807, 2.05) is 0 Å². The molecule has 1 aromatic carbocycles. The lowest BCUT2D eigenvalue weighted by atomic mass is 9.38. The molecular weight excluding hydrogens is 394 g/mol. The highest BCUT2D eigenvalue weighted by Crippen LogP contribution is 2.73. The summed E-state index contributed by atoms with van der Waals surface area (Å²) in [5.41, 5.74) is 4.62. The van der Waals surface area contributed by atoms with E-state index < -0.39 is 0 Å². The number of aliphatic hydroxyl groups is 1. The van der Waals surface area contributed by atoms with Gasteiger partial charge < -0.3 is 9.52 Å². The van der Waals surface area contributed by atoms with Gasteiger partial charge in [-0.25, -0.2) is 4.98 Å². The maximum Gasteiger partial charge on any atom is 0.202 e. The van der Waals surface area contributed by atoms with E-state index in [-0.39, 0.29) is 27.8 Å². The van der Waals surface area contributed by atoms with Crippen molar-refractivity contribution in [2.75, 3.05) is 0 Å². The van der Waals surface area contributed by atoms with Crippen LogP contribution in [0, 0.1) is 22.7 Å². The van der Waals surface area contributed by atoms with Gasteiger partial charge >= 0.3 is 0 Å². The Hall–Kier alpha value is -1.35. The van der Waals surface area contributed by atoms with Gasteiger partial charge in [0, 0.05) is 11.0 Å². The second-order valence-corrected chi connectivity index (χ2v) is 14.3. The van der Waals surface area contributed by atoms with Crippen LogP contribution in [0.1, 0.15) is 111 Å². The molecule has 0 spiro atoms. The van der Waals surface area contributed by atoms with Crippen LogP contribution in [0.15, 0.2) is 16.5 Å². The molecule has 0 saturated heterocycles. The summed E-state index contributed by atoms with van der Waals surface area (Å²) in [7, 11) is 0. The van der Waals surface area contributed by atoms with Crippen LogP contribution in [0.4, 0.5) is 0 Å². The second kappa shape index (κ2) is 6.40. The summed E-state index contributed by atoms with van der Waals surface area (Å²) in [4.78, 5) is 5.29. The molecule has 1 N–H and O–H groups in total. The standard InChI is InChI=1S/C29H43NO2/c1-25(2,3)17-14-19(26(4,5)6)23-21(15-17)30-24(32-23)29-13-11-22(31)28(29,9)12-10-18-20(29)16-27(18,7)8/h14-15,18,20,22,31H,10-13,16H2,1-9H3/t18-,20+,22-,28+,29+/m1/s1. The molecule has 1 heterocycles. The summed E-state index contributed by atoms with van der Waals surface area (Å²) in [5, 5.41) is 11.2. The van der Waals surface area contributed by atoms with Crippen LogP contribution >= 0.6 is 0 Å². The first-order chi connectivity index (χ1) is 14.6. The largest absolute Gasteiger partial charge is 0.440 e. The molecule has 3 nitrogen and oxygen atoms in total. The summed E-state index contributed by atoms with van der Waals surface area (Å²) in [6, 6.07) is 4.59. The van der Waals surface area contributed by atoms with Crippen molar-refractivity contribution in [1.29, 1.82) is 0 Å². The number of benzene rings is 1. The van der Waals surface area contributed by atoms with Gasteiger partial charge in [0.2, 0.25) is 5.89 Å². The highest BCUT2D eigenvalue weighted by Gasteiger charge is 2.71. The molecule has 5 atom stereocenters.